The molecule has 0 spiro atoms. The van der Waals surface area contributed by atoms with Crippen LogP contribution in [-0.2, 0) is 14.8 Å². The van der Waals surface area contributed by atoms with E-state index in [1.165, 1.54) is 6.07 Å². The van der Waals surface area contributed by atoms with E-state index < -0.39 is 33.1 Å². The number of rotatable bonds is 4. The fourth-order valence-electron chi connectivity index (χ4n) is 2.53. The molecule has 3 N–H and O–H groups in total. The van der Waals surface area contributed by atoms with Gasteiger partial charge >= 0.3 is 0 Å². The number of aromatic nitrogens is 1. The fraction of sp³-hybridized carbons (Fsp3) is 0.562. The van der Waals surface area contributed by atoms with E-state index in [1.807, 2.05) is 0 Å². The van der Waals surface area contributed by atoms with Crippen LogP contribution in [-0.4, -0.2) is 54.7 Å². The summed E-state index contributed by atoms with van der Waals surface area (Å²) in [5, 5.41) is 15.2. The van der Waals surface area contributed by atoms with Gasteiger partial charge in [0.1, 0.15) is 5.82 Å². The third-order valence-electron chi connectivity index (χ3n) is 3.68. The van der Waals surface area contributed by atoms with Crippen LogP contribution < -0.4 is 14.9 Å². The van der Waals surface area contributed by atoms with E-state index in [9.17, 15) is 23.1 Å². The second-order valence-corrected chi connectivity index (χ2v) is 10.1. The molecule has 1 aromatic rings. The number of nitrogens with one attached hydrogen (secondary N) is 2. The van der Waals surface area contributed by atoms with Gasteiger partial charge in [-0.15, -0.1) is 0 Å². The van der Waals surface area contributed by atoms with Gasteiger partial charge in [0.2, 0.25) is 15.9 Å². The van der Waals surface area contributed by atoms with Crippen molar-refractivity contribution in [1.29, 1.82) is 0 Å². The molecule has 0 atom stereocenters. The SMILES string of the molecule is CC(C)(C)NC(=O)CNC(=O)c1nc(N2CCCCS2(=O)=O)cc(Br)c1O. The molecule has 0 bridgehead atoms. The average molecular weight is 463 g/mol. The lowest BCUT2D eigenvalue weighted by Gasteiger charge is -2.27. The van der Waals surface area contributed by atoms with Crippen molar-refractivity contribution in [2.75, 3.05) is 23.1 Å². The van der Waals surface area contributed by atoms with E-state index >= 15 is 0 Å². The normalized spacial score (nSPS) is 16.7. The summed E-state index contributed by atoms with van der Waals surface area (Å²) >= 11 is 3.12. The number of pyridine rings is 1. The van der Waals surface area contributed by atoms with Crippen molar-refractivity contribution in [2.45, 2.75) is 39.2 Å². The largest absolute Gasteiger partial charge is 0.504 e. The van der Waals surface area contributed by atoms with Gasteiger partial charge in [0, 0.05) is 12.1 Å². The summed E-state index contributed by atoms with van der Waals surface area (Å²) in [7, 11) is -3.52. The Balaban J connectivity index is 2.22. The molecule has 1 aliphatic rings. The van der Waals surface area contributed by atoms with Crippen molar-refractivity contribution in [1.82, 2.24) is 15.6 Å². The number of amides is 2. The lowest BCUT2D eigenvalue weighted by Crippen LogP contribution is -2.46. The number of carbonyl (C=O) groups excluding carboxylic acids is 2. The topological polar surface area (TPSA) is 129 Å². The summed E-state index contributed by atoms with van der Waals surface area (Å²) in [5.74, 6) is -1.56. The molecule has 0 aliphatic carbocycles. The van der Waals surface area contributed by atoms with Crippen LogP contribution in [0.15, 0.2) is 10.5 Å². The van der Waals surface area contributed by atoms with Crippen LogP contribution in [0.3, 0.4) is 0 Å². The van der Waals surface area contributed by atoms with Crippen LogP contribution in [0, 0.1) is 0 Å². The highest BCUT2D eigenvalue weighted by atomic mass is 79.9. The van der Waals surface area contributed by atoms with Gasteiger partial charge < -0.3 is 15.7 Å². The van der Waals surface area contributed by atoms with Crippen LogP contribution in [0.5, 0.6) is 5.75 Å². The molecule has 11 heteroatoms. The minimum Gasteiger partial charge on any atom is -0.504 e. The van der Waals surface area contributed by atoms with Gasteiger partial charge in [-0.05, 0) is 55.6 Å². The Morgan fingerprint density at radius 3 is 2.59 bits per heavy atom. The minimum absolute atomic E-state index is 0.00167. The van der Waals surface area contributed by atoms with E-state index in [4.69, 9.17) is 0 Å². The monoisotopic (exact) mass is 462 g/mol. The van der Waals surface area contributed by atoms with Crippen LogP contribution in [0.25, 0.3) is 0 Å². The first-order valence-corrected chi connectivity index (χ1v) is 10.8. The number of hydrogen-bond acceptors (Lipinski definition) is 6. The third kappa shape index (κ3) is 5.55. The third-order valence-corrected chi connectivity index (χ3v) is 6.13. The smallest absolute Gasteiger partial charge is 0.274 e. The molecule has 150 valence electrons. The second kappa shape index (κ2) is 8.01. The van der Waals surface area contributed by atoms with E-state index in [-0.39, 0.29) is 34.8 Å². The standard InChI is InChI=1S/C16H23BrN4O5S/c1-16(2,3)20-12(22)9-18-15(24)13-14(23)10(17)8-11(19-13)21-6-4-5-7-27(21,25)26/h8,23H,4-7,9H2,1-3H3,(H,18,24)(H,20,22). The Bertz CT molecular complexity index is 851. The molecule has 2 amide bonds. The highest BCUT2D eigenvalue weighted by Crippen LogP contribution is 2.32. The zero-order chi connectivity index (χ0) is 20.4. The number of aromatic hydroxyl groups is 1. The molecule has 2 heterocycles. The van der Waals surface area contributed by atoms with Crippen LogP contribution in [0.2, 0.25) is 0 Å². The van der Waals surface area contributed by atoms with Crippen LogP contribution >= 0.6 is 15.9 Å². The van der Waals surface area contributed by atoms with E-state index in [0.29, 0.717) is 12.8 Å². The molecule has 0 saturated carbocycles. The zero-order valence-electron chi connectivity index (χ0n) is 15.4. The number of sulfonamides is 1. The summed E-state index contributed by atoms with van der Waals surface area (Å²) in [4.78, 5) is 28.2. The first-order chi connectivity index (χ1) is 12.4. The second-order valence-electron chi connectivity index (χ2n) is 7.24. The summed E-state index contributed by atoms with van der Waals surface area (Å²) in [6.07, 6.45) is 1.24. The number of halogens is 1. The molecular formula is C16H23BrN4O5S. The highest BCUT2D eigenvalue weighted by Gasteiger charge is 2.29. The summed E-state index contributed by atoms with van der Waals surface area (Å²) in [6, 6.07) is 1.35. The Morgan fingerprint density at radius 2 is 2.00 bits per heavy atom. The molecule has 2 rings (SSSR count). The quantitative estimate of drug-likeness (QED) is 0.614. The minimum atomic E-state index is -3.52. The van der Waals surface area contributed by atoms with Crippen molar-refractivity contribution in [3.63, 3.8) is 0 Å². The maximum Gasteiger partial charge on any atom is 0.274 e. The van der Waals surface area contributed by atoms with Gasteiger partial charge in [0.15, 0.2) is 11.4 Å². The number of anilines is 1. The first-order valence-electron chi connectivity index (χ1n) is 8.40. The van der Waals surface area contributed by atoms with E-state index in [2.05, 4.69) is 31.5 Å². The van der Waals surface area contributed by atoms with Gasteiger partial charge in [-0.1, -0.05) is 0 Å². The van der Waals surface area contributed by atoms with Crippen LogP contribution in [0.4, 0.5) is 5.82 Å². The van der Waals surface area contributed by atoms with E-state index in [1.54, 1.807) is 20.8 Å². The Kier molecular flexibility index (Phi) is 6.35. The highest BCUT2D eigenvalue weighted by molar-refractivity contribution is 9.10. The van der Waals surface area contributed by atoms with Gasteiger partial charge in [0.05, 0.1) is 16.8 Å². The van der Waals surface area contributed by atoms with E-state index in [0.717, 1.165) is 4.31 Å². The molecule has 27 heavy (non-hydrogen) atoms. The predicted molar refractivity (Wildman–Crippen MR) is 104 cm³/mol. The number of hydrogen-bond donors (Lipinski definition) is 3. The molecule has 0 aromatic carbocycles. The molecule has 0 unspecified atom stereocenters. The number of nitrogens with zero attached hydrogens (tertiary/aromatic N) is 2. The molecular weight excluding hydrogens is 440 g/mol. The van der Waals surface area contributed by atoms with Gasteiger partial charge in [-0.3, -0.25) is 13.9 Å². The molecule has 1 aliphatic heterocycles. The van der Waals surface area contributed by atoms with Gasteiger partial charge in [-0.2, -0.15) is 0 Å². The number of carbonyl (C=O) groups is 2. The summed E-state index contributed by atoms with van der Waals surface area (Å²) in [6.45, 7) is 5.36. The maximum atomic E-state index is 12.4. The van der Waals surface area contributed by atoms with Crippen molar-refractivity contribution in [3.8, 4) is 5.75 Å². The molecule has 1 saturated heterocycles. The molecule has 0 radical (unpaired) electrons. The average Bonchev–Trinajstić information content (AvgIpc) is 2.53. The Morgan fingerprint density at radius 1 is 1.33 bits per heavy atom. The maximum absolute atomic E-state index is 12.4. The summed E-state index contributed by atoms with van der Waals surface area (Å²) in [5.41, 5.74) is -0.808. The van der Waals surface area contributed by atoms with Crippen molar-refractivity contribution in [2.24, 2.45) is 0 Å². The molecule has 1 aromatic heterocycles. The lowest BCUT2D eigenvalue weighted by molar-refractivity contribution is -0.121. The first kappa shape index (κ1) is 21.4. The van der Waals surface area contributed by atoms with Gasteiger partial charge in [0.25, 0.3) is 5.91 Å². The van der Waals surface area contributed by atoms with Gasteiger partial charge in [-0.25, -0.2) is 13.4 Å². The van der Waals surface area contributed by atoms with Crippen molar-refractivity contribution in [3.05, 3.63) is 16.2 Å². The molecule has 1 fully saturated rings. The van der Waals surface area contributed by atoms with Crippen molar-refractivity contribution < 1.29 is 23.1 Å². The zero-order valence-corrected chi connectivity index (χ0v) is 17.8. The van der Waals surface area contributed by atoms with Crippen molar-refractivity contribution >= 4 is 43.6 Å². The Hall–Kier alpha value is -1.88. The van der Waals surface area contributed by atoms with Crippen LogP contribution in [0.1, 0.15) is 44.1 Å². The Labute approximate surface area is 166 Å². The fourth-order valence-corrected chi connectivity index (χ4v) is 4.50. The molecule has 9 nitrogen and oxygen atoms in total. The predicted octanol–water partition coefficient (Wildman–Crippen LogP) is 1.12. The summed E-state index contributed by atoms with van der Waals surface area (Å²) < 4.78 is 25.8. The lowest BCUT2D eigenvalue weighted by atomic mass is 10.1.